The van der Waals surface area contributed by atoms with Gasteiger partial charge in [-0.05, 0) is 6.92 Å². The molecule has 0 aliphatic carbocycles. The number of carboxylic acid groups (broad SMARTS) is 1. The molecule has 0 fully saturated rings. The summed E-state index contributed by atoms with van der Waals surface area (Å²) in [4.78, 5) is 18.6. The minimum Gasteiger partial charge on any atom is -0.477 e. The molecule has 0 radical (unpaired) electrons. The number of anilines is 1. The van der Waals surface area contributed by atoms with Crippen LogP contribution in [0.2, 0.25) is 0 Å². The van der Waals surface area contributed by atoms with Crippen molar-refractivity contribution < 1.29 is 9.90 Å². The number of rotatable bonds is 4. The molecular formula is C10H12N6O2. The second-order valence-electron chi connectivity index (χ2n) is 3.76. The minimum atomic E-state index is -1.08. The summed E-state index contributed by atoms with van der Waals surface area (Å²) in [7, 11) is 1.81. The molecule has 1 atom stereocenters. The smallest absolute Gasteiger partial charge is 0.341 e. The lowest BCUT2D eigenvalue weighted by atomic mass is 10.2. The van der Waals surface area contributed by atoms with E-state index in [0.29, 0.717) is 5.82 Å². The highest BCUT2D eigenvalue weighted by atomic mass is 16.4. The molecule has 0 bridgehead atoms. The van der Waals surface area contributed by atoms with Gasteiger partial charge in [0.25, 0.3) is 0 Å². The van der Waals surface area contributed by atoms with Gasteiger partial charge in [-0.3, -0.25) is 0 Å². The normalized spacial score (nSPS) is 12.1. The van der Waals surface area contributed by atoms with Gasteiger partial charge in [0, 0.05) is 13.2 Å². The predicted molar refractivity (Wildman–Crippen MR) is 62.0 cm³/mol. The van der Waals surface area contributed by atoms with Crippen LogP contribution >= 0.6 is 0 Å². The molecule has 0 aliphatic rings. The number of hydrogen-bond donors (Lipinski definition) is 2. The van der Waals surface area contributed by atoms with E-state index in [9.17, 15) is 4.79 Å². The maximum absolute atomic E-state index is 11.0. The largest absolute Gasteiger partial charge is 0.477 e. The third kappa shape index (κ3) is 2.26. The molecule has 0 spiro atoms. The molecule has 0 amide bonds. The van der Waals surface area contributed by atoms with Crippen LogP contribution < -0.4 is 5.32 Å². The number of aryl methyl sites for hydroxylation is 1. The number of carbonyl (C=O) groups is 1. The molecule has 2 rings (SSSR count). The number of carboxylic acids is 1. The highest BCUT2D eigenvalue weighted by Gasteiger charge is 2.16. The van der Waals surface area contributed by atoms with Crippen molar-refractivity contribution in [2.45, 2.75) is 13.0 Å². The molecular weight excluding hydrogens is 236 g/mol. The van der Waals surface area contributed by atoms with Crippen molar-refractivity contribution in [3.63, 3.8) is 0 Å². The summed E-state index contributed by atoms with van der Waals surface area (Å²) in [5, 5.41) is 19.7. The molecule has 0 aliphatic heterocycles. The van der Waals surface area contributed by atoms with E-state index in [4.69, 9.17) is 5.11 Å². The summed E-state index contributed by atoms with van der Waals surface area (Å²) in [6, 6.07) is -0.217. The zero-order valence-corrected chi connectivity index (χ0v) is 9.90. The van der Waals surface area contributed by atoms with E-state index >= 15 is 0 Å². The van der Waals surface area contributed by atoms with E-state index in [2.05, 4.69) is 25.5 Å². The van der Waals surface area contributed by atoms with Crippen LogP contribution in [0.15, 0.2) is 18.9 Å². The number of aromatic carboxylic acids is 1. The predicted octanol–water partition coefficient (Wildman–Crippen LogP) is 0.476. The van der Waals surface area contributed by atoms with Crippen molar-refractivity contribution in [3.8, 4) is 0 Å². The van der Waals surface area contributed by atoms with E-state index in [1.807, 2.05) is 14.0 Å². The van der Waals surface area contributed by atoms with Gasteiger partial charge in [-0.25, -0.2) is 14.8 Å². The lowest BCUT2D eigenvalue weighted by Gasteiger charge is -2.14. The molecule has 2 aromatic heterocycles. The second-order valence-corrected chi connectivity index (χ2v) is 3.76. The highest BCUT2D eigenvalue weighted by Crippen LogP contribution is 2.17. The van der Waals surface area contributed by atoms with Crippen LogP contribution in [0.3, 0.4) is 0 Å². The summed E-state index contributed by atoms with van der Waals surface area (Å²) in [5.74, 6) is -0.138. The number of aromatic nitrogens is 5. The quantitative estimate of drug-likeness (QED) is 0.810. The Morgan fingerprint density at radius 2 is 2.33 bits per heavy atom. The van der Waals surface area contributed by atoms with Crippen molar-refractivity contribution in [3.05, 3.63) is 30.2 Å². The second kappa shape index (κ2) is 4.78. The van der Waals surface area contributed by atoms with Crippen molar-refractivity contribution in [2.75, 3.05) is 5.32 Å². The van der Waals surface area contributed by atoms with E-state index < -0.39 is 5.97 Å². The Morgan fingerprint density at radius 3 is 2.94 bits per heavy atom. The topological polar surface area (TPSA) is 106 Å². The minimum absolute atomic E-state index is 0.0199. The molecule has 2 heterocycles. The van der Waals surface area contributed by atoms with Crippen molar-refractivity contribution in [1.29, 1.82) is 0 Å². The molecule has 18 heavy (non-hydrogen) atoms. The van der Waals surface area contributed by atoms with Crippen LogP contribution in [0, 0.1) is 0 Å². The molecule has 8 heteroatoms. The lowest BCUT2D eigenvalue weighted by Crippen LogP contribution is -2.15. The van der Waals surface area contributed by atoms with Crippen molar-refractivity contribution in [2.24, 2.45) is 7.05 Å². The Bertz CT molecular complexity index is 567. The van der Waals surface area contributed by atoms with Gasteiger partial charge in [0.1, 0.15) is 24.0 Å². The zero-order chi connectivity index (χ0) is 13.1. The first kappa shape index (κ1) is 12.0. The van der Waals surface area contributed by atoms with Gasteiger partial charge in [0.15, 0.2) is 5.82 Å². The molecule has 2 N–H and O–H groups in total. The van der Waals surface area contributed by atoms with Crippen LogP contribution in [0.5, 0.6) is 0 Å². The molecule has 8 nitrogen and oxygen atoms in total. The molecule has 0 saturated heterocycles. The Morgan fingerprint density at radius 1 is 1.56 bits per heavy atom. The van der Waals surface area contributed by atoms with Crippen LogP contribution in [0.4, 0.5) is 5.82 Å². The average Bonchev–Trinajstić information content (AvgIpc) is 2.76. The summed E-state index contributed by atoms with van der Waals surface area (Å²) < 4.78 is 1.75. The van der Waals surface area contributed by atoms with Crippen LogP contribution in [0.25, 0.3) is 0 Å². The SMILES string of the molecule is CC(Nc1ncncc1C(=O)O)c1nncn1C. The third-order valence-corrected chi connectivity index (χ3v) is 2.43. The van der Waals surface area contributed by atoms with E-state index in [1.165, 1.54) is 12.5 Å². The van der Waals surface area contributed by atoms with Gasteiger partial charge in [0.05, 0.1) is 6.04 Å². The van der Waals surface area contributed by atoms with Gasteiger partial charge >= 0.3 is 5.97 Å². The van der Waals surface area contributed by atoms with Crippen LogP contribution in [-0.2, 0) is 7.05 Å². The fourth-order valence-electron chi connectivity index (χ4n) is 1.55. The van der Waals surface area contributed by atoms with Gasteiger partial charge < -0.3 is 15.0 Å². The fourth-order valence-corrected chi connectivity index (χ4v) is 1.55. The standard InChI is InChI=1S/C10H12N6O2/c1-6(9-15-13-5-16(9)2)14-8-7(10(17)18)3-11-4-12-8/h3-6H,1-2H3,(H,17,18)(H,11,12,14). The molecule has 0 aromatic carbocycles. The van der Waals surface area contributed by atoms with Gasteiger partial charge in [-0.15, -0.1) is 10.2 Å². The van der Waals surface area contributed by atoms with Crippen LogP contribution in [0.1, 0.15) is 29.1 Å². The highest BCUT2D eigenvalue weighted by molar-refractivity contribution is 5.92. The number of nitrogens with zero attached hydrogens (tertiary/aromatic N) is 5. The molecule has 0 saturated carbocycles. The van der Waals surface area contributed by atoms with Crippen LogP contribution in [-0.4, -0.2) is 35.8 Å². The Hall–Kier alpha value is -2.51. The first-order valence-electron chi connectivity index (χ1n) is 5.23. The third-order valence-electron chi connectivity index (χ3n) is 2.43. The first-order chi connectivity index (χ1) is 8.59. The van der Waals surface area contributed by atoms with Gasteiger partial charge in [0.2, 0.25) is 0 Å². The average molecular weight is 248 g/mol. The van der Waals surface area contributed by atoms with Crippen molar-refractivity contribution >= 4 is 11.8 Å². The molecule has 2 aromatic rings. The summed E-state index contributed by atoms with van der Waals surface area (Å²) in [6.45, 7) is 1.84. The summed E-state index contributed by atoms with van der Waals surface area (Å²) in [5.41, 5.74) is 0.0199. The zero-order valence-electron chi connectivity index (χ0n) is 9.90. The summed E-state index contributed by atoms with van der Waals surface area (Å²) in [6.07, 6.45) is 4.12. The monoisotopic (exact) mass is 248 g/mol. The van der Waals surface area contributed by atoms with E-state index in [0.717, 1.165) is 0 Å². The maximum atomic E-state index is 11.0. The Labute approximate surface area is 103 Å². The van der Waals surface area contributed by atoms with Crippen molar-refractivity contribution in [1.82, 2.24) is 24.7 Å². The van der Waals surface area contributed by atoms with E-state index in [-0.39, 0.29) is 17.4 Å². The van der Waals surface area contributed by atoms with E-state index in [1.54, 1.807) is 10.9 Å². The lowest BCUT2D eigenvalue weighted by molar-refractivity contribution is 0.0697. The van der Waals surface area contributed by atoms with Gasteiger partial charge in [-0.1, -0.05) is 0 Å². The fraction of sp³-hybridized carbons (Fsp3) is 0.300. The molecule has 1 unspecified atom stereocenters. The number of nitrogens with one attached hydrogen (secondary N) is 1. The Balaban J connectivity index is 2.25. The Kier molecular flexibility index (Phi) is 3.18. The molecule has 94 valence electrons. The number of hydrogen-bond acceptors (Lipinski definition) is 6. The van der Waals surface area contributed by atoms with Gasteiger partial charge in [-0.2, -0.15) is 0 Å². The maximum Gasteiger partial charge on any atom is 0.341 e. The first-order valence-corrected chi connectivity index (χ1v) is 5.23. The summed E-state index contributed by atoms with van der Waals surface area (Å²) >= 11 is 0.